The van der Waals surface area contributed by atoms with Gasteiger partial charge >= 0.3 is 6.03 Å². The van der Waals surface area contributed by atoms with E-state index in [1.165, 1.54) is 4.88 Å². The normalized spacial score (nSPS) is 15.5. The van der Waals surface area contributed by atoms with Crippen molar-refractivity contribution < 1.29 is 14.3 Å². The van der Waals surface area contributed by atoms with Gasteiger partial charge < -0.3 is 19.9 Å². The number of benzene rings is 1. The molecule has 3 rings (SSSR count). The number of ether oxygens (including phenoxy) is 1. The van der Waals surface area contributed by atoms with Crippen molar-refractivity contribution in [3.05, 3.63) is 51.7 Å². The van der Waals surface area contributed by atoms with Crippen LogP contribution in [-0.4, -0.2) is 54.5 Å². The lowest BCUT2D eigenvalue weighted by atomic mass is 10.00. The van der Waals surface area contributed by atoms with Gasteiger partial charge in [-0.2, -0.15) is 0 Å². The molecular weight excluding hydrogens is 410 g/mol. The van der Waals surface area contributed by atoms with E-state index in [1.807, 2.05) is 56.9 Å². The van der Waals surface area contributed by atoms with E-state index in [2.05, 4.69) is 16.8 Å². The summed E-state index contributed by atoms with van der Waals surface area (Å²) in [6.07, 6.45) is 0.838. The van der Waals surface area contributed by atoms with Gasteiger partial charge in [-0.15, -0.1) is 11.3 Å². The van der Waals surface area contributed by atoms with E-state index in [9.17, 15) is 9.59 Å². The third-order valence-electron chi connectivity index (χ3n) is 5.43. The summed E-state index contributed by atoms with van der Waals surface area (Å²) >= 11 is 1.73. The van der Waals surface area contributed by atoms with E-state index in [-0.39, 0.29) is 30.4 Å². The first-order chi connectivity index (χ1) is 14.9. The summed E-state index contributed by atoms with van der Waals surface area (Å²) in [7, 11) is 0. The molecule has 1 aliphatic heterocycles. The zero-order valence-corrected chi connectivity index (χ0v) is 19.7. The standard InChI is InChI=1S/C24H33N3O3S/c1-5-25-24(29)26(14-17(2)3)15-23(28)27-12-10-22-19(11-13-31-22)20(27)16-30-21-9-7-6-8-18(21)4/h6-9,11,13,17,20H,5,10,12,14-16H2,1-4H3,(H,25,29)/t20-/m1/s1. The van der Waals surface area contributed by atoms with Crippen LogP contribution in [0.4, 0.5) is 4.79 Å². The molecule has 0 unspecified atom stereocenters. The zero-order chi connectivity index (χ0) is 22.4. The van der Waals surface area contributed by atoms with Crippen LogP contribution < -0.4 is 10.1 Å². The molecule has 2 heterocycles. The number of carbonyl (C=O) groups is 2. The lowest BCUT2D eigenvalue weighted by Crippen LogP contribution is -2.50. The lowest BCUT2D eigenvalue weighted by molar-refractivity contribution is -0.135. The number of nitrogens with zero attached hydrogens (tertiary/aromatic N) is 2. The van der Waals surface area contributed by atoms with Crippen molar-refractivity contribution in [1.82, 2.24) is 15.1 Å². The number of carbonyl (C=O) groups excluding carboxylic acids is 2. The Kier molecular flexibility index (Phi) is 7.96. The molecule has 0 aliphatic carbocycles. The van der Waals surface area contributed by atoms with Gasteiger partial charge in [0, 0.05) is 24.5 Å². The maximum atomic E-state index is 13.4. The predicted molar refractivity (Wildman–Crippen MR) is 125 cm³/mol. The summed E-state index contributed by atoms with van der Waals surface area (Å²) in [6, 6.07) is 9.67. The number of rotatable bonds is 8. The number of hydrogen-bond donors (Lipinski definition) is 1. The Bertz CT molecular complexity index is 896. The van der Waals surface area contributed by atoms with Gasteiger partial charge in [-0.1, -0.05) is 32.0 Å². The van der Waals surface area contributed by atoms with E-state index in [1.54, 1.807) is 16.2 Å². The summed E-state index contributed by atoms with van der Waals surface area (Å²) in [5.74, 6) is 1.07. The molecule has 0 saturated heterocycles. The monoisotopic (exact) mass is 443 g/mol. The number of aryl methyl sites for hydroxylation is 1. The van der Waals surface area contributed by atoms with Gasteiger partial charge in [-0.05, 0) is 54.8 Å². The van der Waals surface area contributed by atoms with Crippen molar-refractivity contribution in [3.8, 4) is 5.75 Å². The van der Waals surface area contributed by atoms with Gasteiger partial charge in [0.15, 0.2) is 0 Å². The van der Waals surface area contributed by atoms with Crippen LogP contribution in [0.5, 0.6) is 5.75 Å². The SMILES string of the molecule is CCNC(=O)N(CC(=O)N1CCc2sccc2[C@H]1COc1ccccc1C)CC(C)C. The summed E-state index contributed by atoms with van der Waals surface area (Å²) < 4.78 is 6.16. The topological polar surface area (TPSA) is 61.9 Å². The van der Waals surface area contributed by atoms with Crippen LogP contribution >= 0.6 is 11.3 Å². The Balaban J connectivity index is 1.77. The number of thiophene rings is 1. The number of nitrogens with one attached hydrogen (secondary N) is 1. The fourth-order valence-electron chi connectivity index (χ4n) is 3.94. The molecule has 1 atom stereocenters. The van der Waals surface area contributed by atoms with Crippen molar-refractivity contribution in [1.29, 1.82) is 0 Å². The van der Waals surface area contributed by atoms with Crippen LogP contribution in [-0.2, 0) is 11.2 Å². The minimum Gasteiger partial charge on any atom is -0.491 e. The quantitative estimate of drug-likeness (QED) is 0.664. The number of amides is 3. The van der Waals surface area contributed by atoms with Gasteiger partial charge in [-0.25, -0.2) is 4.79 Å². The maximum absolute atomic E-state index is 13.4. The molecule has 7 heteroatoms. The average molecular weight is 444 g/mol. The Labute approximate surface area is 189 Å². The van der Waals surface area contributed by atoms with Gasteiger partial charge in [0.05, 0.1) is 6.04 Å². The second kappa shape index (κ2) is 10.7. The second-order valence-corrected chi connectivity index (χ2v) is 9.34. The highest BCUT2D eigenvalue weighted by Gasteiger charge is 2.33. The van der Waals surface area contributed by atoms with Gasteiger partial charge in [0.2, 0.25) is 5.91 Å². The number of hydrogen-bond acceptors (Lipinski definition) is 4. The smallest absolute Gasteiger partial charge is 0.317 e. The minimum atomic E-state index is -0.189. The van der Waals surface area contributed by atoms with Crippen LogP contribution in [0.15, 0.2) is 35.7 Å². The van der Waals surface area contributed by atoms with Crippen LogP contribution in [0.25, 0.3) is 0 Å². The molecule has 168 valence electrons. The number of urea groups is 1. The van der Waals surface area contributed by atoms with E-state index < -0.39 is 0 Å². The third kappa shape index (κ3) is 5.79. The Morgan fingerprint density at radius 2 is 2.06 bits per heavy atom. The van der Waals surface area contributed by atoms with Crippen molar-refractivity contribution >= 4 is 23.3 Å². The van der Waals surface area contributed by atoms with E-state index in [0.717, 1.165) is 23.3 Å². The fourth-order valence-corrected chi connectivity index (χ4v) is 4.87. The molecule has 6 nitrogen and oxygen atoms in total. The summed E-state index contributed by atoms with van der Waals surface area (Å²) in [5.41, 5.74) is 2.23. The highest BCUT2D eigenvalue weighted by molar-refractivity contribution is 7.10. The molecular formula is C24H33N3O3S. The van der Waals surface area contributed by atoms with E-state index >= 15 is 0 Å². The summed E-state index contributed by atoms with van der Waals surface area (Å²) in [6.45, 7) is 10.2. The van der Waals surface area contributed by atoms with Crippen molar-refractivity contribution in [2.45, 2.75) is 40.2 Å². The molecule has 1 aromatic carbocycles. The zero-order valence-electron chi connectivity index (χ0n) is 18.9. The Morgan fingerprint density at radius 3 is 2.77 bits per heavy atom. The van der Waals surface area contributed by atoms with E-state index in [0.29, 0.717) is 26.2 Å². The highest BCUT2D eigenvalue weighted by atomic mass is 32.1. The first-order valence-corrected chi connectivity index (χ1v) is 11.9. The molecule has 3 amide bonds. The second-order valence-electron chi connectivity index (χ2n) is 8.34. The molecule has 1 N–H and O–H groups in total. The van der Waals surface area contributed by atoms with Crippen molar-refractivity contribution in [2.75, 3.05) is 32.8 Å². The first-order valence-electron chi connectivity index (χ1n) is 11.0. The molecule has 0 fully saturated rings. The molecule has 0 spiro atoms. The molecule has 0 bridgehead atoms. The molecule has 1 aromatic heterocycles. The van der Waals surface area contributed by atoms with Crippen molar-refractivity contribution in [2.24, 2.45) is 5.92 Å². The van der Waals surface area contributed by atoms with Gasteiger partial charge in [0.25, 0.3) is 0 Å². The predicted octanol–water partition coefficient (Wildman–Crippen LogP) is 4.25. The largest absolute Gasteiger partial charge is 0.491 e. The molecule has 31 heavy (non-hydrogen) atoms. The van der Waals surface area contributed by atoms with Crippen LogP contribution in [0, 0.1) is 12.8 Å². The van der Waals surface area contributed by atoms with Crippen molar-refractivity contribution in [3.63, 3.8) is 0 Å². The molecule has 2 aromatic rings. The molecule has 1 aliphatic rings. The Morgan fingerprint density at radius 1 is 1.29 bits per heavy atom. The number of fused-ring (bicyclic) bond motifs is 1. The Hall–Kier alpha value is -2.54. The van der Waals surface area contributed by atoms with Crippen LogP contribution in [0.3, 0.4) is 0 Å². The first kappa shape index (κ1) is 23.1. The van der Waals surface area contributed by atoms with Gasteiger partial charge in [-0.3, -0.25) is 4.79 Å². The molecule has 0 saturated carbocycles. The van der Waals surface area contributed by atoms with Crippen LogP contribution in [0.1, 0.15) is 42.8 Å². The number of para-hydroxylation sites is 1. The van der Waals surface area contributed by atoms with Crippen LogP contribution in [0.2, 0.25) is 0 Å². The van der Waals surface area contributed by atoms with Gasteiger partial charge in [0.1, 0.15) is 18.9 Å². The fraction of sp³-hybridized carbons (Fsp3) is 0.500. The summed E-state index contributed by atoms with van der Waals surface area (Å²) in [5, 5.41) is 4.91. The lowest BCUT2D eigenvalue weighted by Gasteiger charge is -2.37. The summed E-state index contributed by atoms with van der Waals surface area (Å²) in [4.78, 5) is 30.7. The van der Waals surface area contributed by atoms with E-state index in [4.69, 9.17) is 4.74 Å². The minimum absolute atomic E-state index is 0.0397. The highest BCUT2D eigenvalue weighted by Crippen LogP contribution is 2.34. The third-order valence-corrected chi connectivity index (χ3v) is 6.43. The average Bonchev–Trinajstić information content (AvgIpc) is 3.21. The molecule has 0 radical (unpaired) electrons. The maximum Gasteiger partial charge on any atom is 0.317 e.